The molecule has 1 aliphatic rings. The van der Waals surface area contributed by atoms with Crippen molar-refractivity contribution in [3.05, 3.63) is 65.7 Å². The van der Waals surface area contributed by atoms with E-state index in [1.807, 2.05) is 26.0 Å². The number of urea groups is 1. The fraction of sp³-hybridized carbons (Fsp3) is 0.368. The third-order valence-corrected chi connectivity index (χ3v) is 4.66. The summed E-state index contributed by atoms with van der Waals surface area (Å²) in [4.78, 5) is 18.7. The lowest BCUT2D eigenvalue weighted by Crippen LogP contribution is -2.54. The first-order valence-corrected chi connectivity index (χ1v) is 8.40. The van der Waals surface area contributed by atoms with Gasteiger partial charge in [0.2, 0.25) is 0 Å². The number of pyridine rings is 1. The predicted octanol–water partition coefficient (Wildman–Crippen LogP) is 3.13. The number of nitrogens with zero attached hydrogens (tertiary/aromatic N) is 2. The normalized spacial score (nSPS) is 21.6. The van der Waals surface area contributed by atoms with Gasteiger partial charge in [0.25, 0.3) is 0 Å². The third kappa shape index (κ3) is 3.96. The van der Waals surface area contributed by atoms with Gasteiger partial charge in [-0.05, 0) is 49.2 Å². The molecule has 1 aromatic heterocycles. The van der Waals surface area contributed by atoms with Crippen LogP contribution >= 0.6 is 0 Å². The molecule has 1 fully saturated rings. The van der Waals surface area contributed by atoms with Crippen LogP contribution in [-0.4, -0.2) is 41.2 Å². The summed E-state index contributed by atoms with van der Waals surface area (Å²) >= 11 is 0. The highest BCUT2D eigenvalue weighted by molar-refractivity contribution is 5.76. The number of halogens is 1. The van der Waals surface area contributed by atoms with Crippen LogP contribution in [-0.2, 0) is 4.74 Å². The lowest BCUT2D eigenvalue weighted by atomic mass is 9.99. The first-order chi connectivity index (χ1) is 12.1. The molecule has 3 rings (SSSR count). The number of amides is 2. The molecule has 6 heteroatoms. The Morgan fingerprint density at radius 2 is 1.84 bits per heavy atom. The van der Waals surface area contributed by atoms with Crippen LogP contribution in [0.2, 0.25) is 0 Å². The van der Waals surface area contributed by atoms with Gasteiger partial charge in [-0.2, -0.15) is 0 Å². The average molecular weight is 343 g/mol. The zero-order valence-electron chi connectivity index (χ0n) is 14.4. The van der Waals surface area contributed by atoms with Crippen molar-refractivity contribution in [3.8, 4) is 0 Å². The SMILES string of the molecule is CC1OCCN(C(=O)NC(c2ccncc2)c2ccc(F)cc2)C1C. The smallest absolute Gasteiger partial charge is 0.318 e. The molecule has 0 aliphatic carbocycles. The summed E-state index contributed by atoms with van der Waals surface area (Å²) in [5, 5.41) is 3.07. The number of ether oxygens (including phenoxy) is 1. The van der Waals surface area contributed by atoms with Crippen LogP contribution in [0.3, 0.4) is 0 Å². The van der Waals surface area contributed by atoms with Gasteiger partial charge in [0, 0.05) is 18.9 Å². The van der Waals surface area contributed by atoms with Gasteiger partial charge in [-0.15, -0.1) is 0 Å². The largest absolute Gasteiger partial charge is 0.375 e. The molecule has 1 N–H and O–H groups in total. The highest BCUT2D eigenvalue weighted by atomic mass is 19.1. The van der Waals surface area contributed by atoms with E-state index in [9.17, 15) is 9.18 Å². The monoisotopic (exact) mass is 343 g/mol. The molecule has 0 bridgehead atoms. The third-order valence-electron chi connectivity index (χ3n) is 4.66. The second-order valence-corrected chi connectivity index (χ2v) is 6.22. The minimum Gasteiger partial charge on any atom is -0.375 e. The Hall–Kier alpha value is -2.47. The average Bonchev–Trinajstić information content (AvgIpc) is 2.63. The zero-order chi connectivity index (χ0) is 17.8. The molecule has 2 aromatic rings. The molecular formula is C19H22FN3O2. The molecular weight excluding hydrogens is 321 g/mol. The number of rotatable bonds is 3. The fourth-order valence-corrected chi connectivity index (χ4v) is 3.00. The number of benzene rings is 1. The lowest BCUT2D eigenvalue weighted by molar-refractivity contribution is -0.0378. The molecule has 0 spiro atoms. The van der Waals surface area contributed by atoms with Crippen molar-refractivity contribution < 1.29 is 13.9 Å². The second kappa shape index (κ2) is 7.61. The van der Waals surface area contributed by atoms with Crippen molar-refractivity contribution in [3.63, 3.8) is 0 Å². The van der Waals surface area contributed by atoms with E-state index < -0.39 is 0 Å². The van der Waals surface area contributed by atoms with E-state index in [2.05, 4.69) is 10.3 Å². The Morgan fingerprint density at radius 1 is 1.20 bits per heavy atom. The maximum absolute atomic E-state index is 13.3. The van der Waals surface area contributed by atoms with Gasteiger partial charge in [-0.25, -0.2) is 9.18 Å². The molecule has 2 amide bonds. The van der Waals surface area contributed by atoms with Gasteiger partial charge in [-0.3, -0.25) is 4.98 Å². The van der Waals surface area contributed by atoms with Crippen molar-refractivity contribution in [1.29, 1.82) is 0 Å². The van der Waals surface area contributed by atoms with Crippen molar-refractivity contribution in [2.75, 3.05) is 13.2 Å². The highest BCUT2D eigenvalue weighted by Crippen LogP contribution is 2.23. The number of hydrogen-bond acceptors (Lipinski definition) is 3. The molecule has 1 aliphatic heterocycles. The summed E-state index contributed by atoms with van der Waals surface area (Å²) < 4.78 is 18.9. The molecule has 132 valence electrons. The molecule has 2 heterocycles. The van der Waals surface area contributed by atoms with E-state index in [0.717, 1.165) is 11.1 Å². The van der Waals surface area contributed by atoms with Crippen LogP contribution in [0, 0.1) is 5.82 Å². The van der Waals surface area contributed by atoms with E-state index in [1.54, 1.807) is 29.4 Å². The zero-order valence-corrected chi connectivity index (χ0v) is 14.4. The number of morpholine rings is 1. The van der Waals surface area contributed by atoms with Crippen LogP contribution in [0.25, 0.3) is 0 Å². The minimum atomic E-state index is -0.374. The van der Waals surface area contributed by atoms with Gasteiger partial charge in [0.1, 0.15) is 5.82 Å². The standard InChI is InChI=1S/C19H22FN3O2/c1-13-14(2)25-12-11-23(13)19(24)22-18(16-7-9-21-10-8-16)15-3-5-17(20)6-4-15/h3-10,13-14,18H,11-12H2,1-2H3,(H,22,24). The van der Waals surface area contributed by atoms with Crippen molar-refractivity contribution >= 4 is 6.03 Å². The Morgan fingerprint density at radius 3 is 2.52 bits per heavy atom. The van der Waals surface area contributed by atoms with E-state index in [-0.39, 0.29) is 30.0 Å². The van der Waals surface area contributed by atoms with Crippen molar-refractivity contribution in [2.45, 2.75) is 32.0 Å². The Bertz CT molecular complexity index is 708. The van der Waals surface area contributed by atoms with Crippen molar-refractivity contribution in [2.24, 2.45) is 0 Å². The van der Waals surface area contributed by atoms with Crippen LogP contribution < -0.4 is 5.32 Å². The van der Waals surface area contributed by atoms with Crippen LogP contribution in [0.15, 0.2) is 48.8 Å². The summed E-state index contributed by atoms with van der Waals surface area (Å²) in [5.74, 6) is -0.306. The molecule has 25 heavy (non-hydrogen) atoms. The number of carbonyl (C=O) groups excluding carboxylic acids is 1. The van der Waals surface area contributed by atoms with E-state index in [4.69, 9.17) is 4.74 Å². The number of nitrogens with one attached hydrogen (secondary N) is 1. The molecule has 3 unspecified atom stereocenters. The summed E-state index contributed by atoms with van der Waals surface area (Å²) in [6, 6.07) is 9.32. The number of aromatic nitrogens is 1. The van der Waals surface area contributed by atoms with Gasteiger partial charge < -0.3 is 15.0 Å². The predicted molar refractivity (Wildman–Crippen MR) is 92.6 cm³/mol. The first-order valence-electron chi connectivity index (χ1n) is 8.40. The Labute approximate surface area is 146 Å². The molecule has 3 atom stereocenters. The molecule has 5 nitrogen and oxygen atoms in total. The maximum atomic E-state index is 13.3. The summed E-state index contributed by atoms with van der Waals surface area (Å²) in [5.41, 5.74) is 1.71. The quantitative estimate of drug-likeness (QED) is 0.931. The lowest BCUT2D eigenvalue weighted by Gasteiger charge is -2.38. The number of hydrogen-bond donors (Lipinski definition) is 1. The molecule has 0 saturated carbocycles. The van der Waals surface area contributed by atoms with Gasteiger partial charge in [0.15, 0.2) is 0 Å². The van der Waals surface area contributed by atoms with Crippen LogP contribution in [0.1, 0.15) is 31.0 Å². The minimum absolute atomic E-state index is 0.00954. The van der Waals surface area contributed by atoms with Gasteiger partial charge in [-0.1, -0.05) is 12.1 Å². The number of carbonyl (C=O) groups is 1. The van der Waals surface area contributed by atoms with Gasteiger partial charge in [0.05, 0.1) is 24.8 Å². The molecule has 0 radical (unpaired) electrons. The highest BCUT2D eigenvalue weighted by Gasteiger charge is 2.30. The van der Waals surface area contributed by atoms with Gasteiger partial charge >= 0.3 is 6.03 Å². The van der Waals surface area contributed by atoms with E-state index in [0.29, 0.717) is 13.2 Å². The second-order valence-electron chi connectivity index (χ2n) is 6.22. The maximum Gasteiger partial charge on any atom is 0.318 e. The van der Waals surface area contributed by atoms with Crippen LogP contribution in [0.4, 0.5) is 9.18 Å². The van der Waals surface area contributed by atoms with Crippen LogP contribution in [0.5, 0.6) is 0 Å². The molecule has 1 aromatic carbocycles. The summed E-state index contributed by atoms with van der Waals surface area (Å²) in [7, 11) is 0. The van der Waals surface area contributed by atoms with E-state index in [1.165, 1.54) is 12.1 Å². The Balaban J connectivity index is 1.85. The topological polar surface area (TPSA) is 54.5 Å². The molecule has 1 saturated heterocycles. The van der Waals surface area contributed by atoms with Crippen molar-refractivity contribution in [1.82, 2.24) is 15.2 Å². The first kappa shape index (κ1) is 17.4. The summed E-state index contributed by atoms with van der Waals surface area (Å²) in [6.45, 7) is 5.01. The Kier molecular flexibility index (Phi) is 5.28. The fourth-order valence-electron chi connectivity index (χ4n) is 3.00. The van der Waals surface area contributed by atoms with E-state index >= 15 is 0 Å². The summed E-state index contributed by atoms with van der Waals surface area (Å²) in [6.07, 6.45) is 3.35.